The largest absolute Gasteiger partial charge is 0.306 e. The van der Waals surface area contributed by atoms with Gasteiger partial charge in [0.25, 0.3) is 5.56 Å². The van der Waals surface area contributed by atoms with Gasteiger partial charge in [0.1, 0.15) is 5.82 Å². The van der Waals surface area contributed by atoms with Gasteiger partial charge in [0.15, 0.2) is 0 Å². The highest BCUT2D eigenvalue weighted by Crippen LogP contribution is 2.34. The number of halogens is 1. The summed E-state index contributed by atoms with van der Waals surface area (Å²) in [6, 6.07) is 2.23. The Balaban J connectivity index is 2.48. The molecule has 0 radical (unpaired) electrons. The third kappa shape index (κ3) is 1.23. The molecule has 6 nitrogen and oxygen atoms in total. The zero-order valence-electron chi connectivity index (χ0n) is 8.54. The van der Waals surface area contributed by atoms with Crippen LogP contribution in [0.4, 0.5) is 4.39 Å². The van der Waals surface area contributed by atoms with Crippen molar-refractivity contribution in [2.75, 3.05) is 0 Å². The zero-order valence-corrected chi connectivity index (χ0v) is 8.54. The predicted molar refractivity (Wildman–Crippen MR) is 57.8 cm³/mol. The molecule has 0 spiro atoms. The summed E-state index contributed by atoms with van der Waals surface area (Å²) in [5.74, 6) is -0.549. The molecule has 7 heteroatoms. The van der Waals surface area contributed by atoms with E-state index in [1.54, 1.807) is 0 Å². The monoisotopic (exact) mass is 231 g/mol. The maximum absolute atomic E-state index is 13.7. The SMILES string of the molecule is [N-]=[N+]=NC1Cn2c(=O)ccc3ncc(F)c1c32. The van der Waals surface area contributed by atoms with Crippen LogP contribution in [0.25, 0.3) is 21.5 Å². The third-order valence-electron chi connectivity index (χ3n) is 2.87. The number of hydrogen-bond donors (Lipinski definition) is 0. The number of azide groups is 1. The second-order valence-corrected chi connectivity index (χ2v) is 3.76. The predicted octanol–water partition coefficient (Wildman–Crippen LogP) is 1.90. The van der Waals surface area contributed by atoms with Crippen LogP contribution in [0, 0.1) is 5.82 Å². The number of aromatic nitrogens is 2. The van der Waals surface area contributed by atoms with Crippen LogP contribution in [0.5, 0.6) is 0 Å². The van der Waals surface area contributed by atoms with Gasteiger partial charge in [-0.2, -0.15) is 0 Å². The molecule has 0 N–H and O–H groups in total. The van der Waals surface area contributed by atoms with E-state index >= 15 is 0 Å². The quantitative estimate of drug-likeness (QED) is 0.426. The Bertz CT molecular complexity index is 731. The average molecular weight is 231 g/mol. The molecule has 0 fully saturated rings. The van der Waals surface area contributed by atoms with Gasteiger partial charge in [-0.25, -0.2) is 4.39 Å². The second kappa shape index (κ2) is 3.29. The Morgan fingerprint density at radius 3 is 3.18 bits per heavy atom. The first-order chi connectivity index (χ1) is 8.22. The van der Waals surface area contributed by atoms with Gasteiger partial charge in [0, 0.05) is 23.1 Å². The number of hydrogen-bond acceptors (Lipinski definition) is 3. The molecular formula is C10H6FN5O. The van der Waals surface area contributed by atoms with E-state index in [-0.39, 0.29) is 17.7 Å². The molecule has 0 bridgehead atoms. The van der Waals surface area contributed by atoms with E-state index in [9.17, 15) is 9.18 Å². The maximum Gasteiger partial charge on any atom is 0.251 e. The third-order valence-corrected chi connectivity index (χ3v) is 2.87. The molecule has 0 saturated carbocycles. The number of rotatable bonds is 1. The smallest absolute Gasteiger partial charge is 0.251 e. The van der Waals surface area contributed by atoms with Gasteiger partial charge in [-0.1, -0.05) is 5.11 Å². The normalized spacial score (nSPS) is 17.1. The molecule has 84 valence electrons. The van der Waals surface area contributed by atoms with Crippen molar-refractivity contribution >= 4 is 11.0 Å². The highest BCUT2D eigenvalue weighted by Gasteiger charge is 2.28. The molecule has 2 aromatic heterocycles. The van der Waals surface area contributed by atoms with Crippen molar-refractivity contribution in [3.8, 4) is 0 Å². The summed E-state index contributed by atoms with van der Waals surface area (Å²) in [6.45, 7) is 0.165. The van der Waals surface area contributed by atoms with Gasteiger partial charge in [0.2, 0.25) is 0 Å². The Morgan fingerprint density at radius 2 is 2.41 bits per heavy atom. The lowest BCUT2D eigenvalue weighted by atomic mass is 10.1. The zero-order chi connectivity index (χ0) is 12.0. The van der Waals surface area contributed by atoms with Gasteiger partial charge in [-0.3, -0.25) is 9.78 Å². The standard InChI is InChI=1S/C10H6FN5O/c11-5-3-13-6-1-2-8(17)16-4-7(14-15-12)9(5)10(6)16/h1-3,7H,4H2. The molecular weight excluding hydrogens is 225 g/mol. The molecule has 0 saturated heterocycles. The Morgan fingerprint density at radius 1 is 1.59 bits per heavy atom. The summed E-state index contributed by atoms with van der Waals surface area (Å²) < 4.78 is 15.1. The molecule has 1 aliphatic rings. The lowest BCUT2D eigenvalue weighted by Crippen LogP contribution is -2.17. The van der Waals surface area contributed by atoms with Crippen LogP contribution in [-0.4, -0.2) is 9.55 Å². The molecule has 1 unspecified atom stereocenters. The van der Waals surface area contributed by atoms with Gasteiger partial charge in [-0.05, 0) is 11.6 Å². The maximum atomic E-state index is 13.7. The summed E-state index contributed by atoms with van der Waals surface area (Å²) in [7, 11) is 0. The van der Waals surface area contributed by atoms with E-state index < -0.39 is 11.9 Å². The summed E-state index contributed by atoms with van der Waals surface area (Å²) in [4.78, 5) is 18.2. The first-order valence-electron chi connectivity index (χ1n) is 4.94. The van der Waals surface area contributed by atoms with Crippen molar-refractivity contribution < 1.29 is 4.39 Å². The lowest BCUT2D eigenvalue weighted by Gasteiger charge is -2.03. The summed E-state index contributed by atoms with van der Waals surface area (Å²) >= 11 is 0. The number of nitrogens with zero attached hydrogens (tertiary/aromatic N) is 5. The van der Waals surface area contributed by atoms with E-state index in [0.717, 1.165) is 6.20 Å². The van der Waals surface area contributed by atoms with Gasteiger partial charge in [0.05, 0.1) is 23.3 Å². The summed E-state index contributed by atoms with van der Waals surface area (Å²) in [5, 5.41) is 3.52. The molecule has 3 heterocycles. The van der Waals surface area contributed by atoms with Crippen molar-refractivity contribution in [3.05, 3.63) is 50.5 Å². The molecule has 17 heavy (non-hydrogen) atoms. The fourth-order valence-electron chi connectivity index (χ4n) is 2.18. The van der Waals surface area contributed by atoms with Crippen LogP contribution >= 0.6 is 0 Å². The molecule has 0 amide bonds. The van der Waals surface area contributed by atoms with Crippen LogP contribution in [0.15, 0.2) is 28.2 Å². The Labute approximate surface area is 93.9 Å². The fourth-order valence-corrected chi connectivity index (χ4v) is 2.18. The molecule has 0 aliphatic carbocycles. The van der Waals surface area contributed by atoms with Gasteiger partial charge in [-0.15, -0.1) is 0 Å². The van der Waals surface area contributed by atoms with Crippen molar-refractivity contribution in [1.29, 1.82) is 0 Å². The fraction of sp³-hybridized carbons (Fsp3) is 0.200. The van der Waals surface area contributed by atoms with E-state index in [4.69, 9.17) is 5.53 Å². The molecule has 1 atom stereocenters. The van der Waals surface area contributed by atoms with E-state index in [1.807, 2.05) is 0 Å². The summed E-state index contributed by atoms with van der Waals surface area (Å²) in [6.07, 6.45) is 1.08. The lowest BCUT2D eigenvalue weighted by molar-refractivity contribution is 0.565. The average Bonchev–Trinajstić information content (AvgIpc) is 2.69. The van der Waals surface area contributed by atoms with Crippen LogP contribution < -0.4 is 5.56 Å². The van der Waals surface area contributed by atoms with Crippen molar-refractivity contribution in [1.82, 2.24) is 9.55 Å². The van der Waals surface area contributed by atoms with E-state index in [2.05, 4.69) is 15.0 Å². The van der Waals surface area contributed by atoms with Crippen molar-refractivity contribution in [2.24, 2.45) is 5.11 Å². The van der Waals surface area contributed by atoms with Crippen molar-refractivity contribution in [2.45, 2.75) is 12.6 Å². The highest BCUT2D eigenvalue weighted by molar-refractivity contribution is 5.80. The molecule has 1 aliphatic heterocycles. The summed E-state index contributed by atoms with van der Waals surface area (Å²) in [5.41, 5.74) is 9.41. The van der Waals surface area contributed by atoms with Crippen LogP contribution in [0.1, 0.15) is 11.6 Å². The Kier molecular flexibility index (Phi) is 1.90. The van der Waals surface area contributed by atoms with E-state index in [1.165, 1.54) is 16.7 Å². The van der Waals surface area contributed by atoms with Crippen LogP contribution in [0.3, 0.4) is 0 Å². The van der Waals surface area contributed by atoms with E-state index in [0.29, 0.717) is 11.0 Å². The van der Waals surface area contributed by atoms with Crippen molar-refractivity contribution in [3.63, 3.8) is 0 Å². The number of pyridine rings is 2. The Hall–Kier alpha value is -2.40. The molecule has 3 rings (SSSR count). The van der Waals surface area contributed by atoms with Crippen LogP contribution in [-0.2, 0) is 6.54 Å². The molecule has 2 aromatic rings. The van der Waals surface area contributed by atoms with Crippen LogP contribution in [0.2, 0.25) is 0 Å². The minimum Gasteiger partial charge on any atom is -0.306 e. The first kappa shape index (κ1) is 9.80. The molecule has 0 aromatic carbocycles. The minimum atomic E-state index is -0.680. The topological polar surface area (TPSA) is 83.7 Å². The van der Waals surface area contributed by atoms with Gasteiger partial charge < -0.3 is 4.57 Å². The minimum absolute atomic E-state index is 0.165. The first-order valence-corrected chi connectivity index (χ1v) is 4.94. The van der Waals surface area contributed by atoms with Gasteiger partial charge >= 0.3 is 0 Å². The second-order valence-electron chi connectivity index (χ2n) is 3.76. The highest BCUT2D eigenvalue weighted by atomic mass is 19.1.